The van der Waals surface area contributed by atoms with Crippen molar-refractivity contribution in [3.8, 4) is 0 Å². The molecule has 100 valence electrons. The Morgan fingerprint density at radius 3 is 0.667 bits per heavy atom. The maximum absolute atomic E-state index is 2.18. The second-order valence-electron chi connectivity index (χ2n) is 3.44. The van der Waals surface area contributed by atoms with Crippen LogP contribution in [-0.4, -0.2) is 0 Å². The summed E-state index contributed by atoms with van der Waals surface area (Å²) in [5, 5.41) is 0. The van der Waals surface area contributed by atoms with Gasteiger partial charge in [0.15, 0.2) is 0 Å². The molecule has 0 saturated carbocycles. The second-order valence-corrected chi connectivity index (χ2v) is 3.44. The molecule has 0 amide bonds. The second kappa shape index (κ2) is 65.7. The van der Waals surface area contributed by atoms with E-state index < -0.39 is 0 Å². The van der Waals surface area contributed by atoms with E-state index in [4.69, 9.17) is 0 Å². The summed E-state index contributed by atoms with van der Waals surface area (Å²) in [7, 11) is 0. The minimum atomic E-state index is 0.833. The van der Waals surface area contributed by atoms with E-state index >= 15 is 0 Å². The van der Waals surface area contributed by atoms with E-state index in [9.17, 15) is 0 Å². The molecule has 0 heteroatoms. The molecule has 0 rings (SSSR count). The molecule has 0 spiro atoms. The summed E-state index contributed by atoms with van der Waals surface area (Å²) >= 11 is 0. The Labute approximate surface area is 102 Å². The first kappa shape index (κ1) is 29.4. The Kier molecular flexibility index (Phi) is 129. The van der Waals surface area contributed by atoms with Gasteiger partial charge in [0.2, 0.25) is 0 Å². The van der Waals surface area contributed by atoms with Gasteiger partial charge in [0.25, 0.3) is 0 Å². The fourth-order valence-corrected chi connectivity index (χ4v) is 0. The van der Waals surface area contributed by atoms with Crippen molar-refractivity contribution in [2.45, 2.75) is 95.4 Å². The van der Waals surface area contributed by atoms with Crippen LogP contribution in [0.1, 0.15) is 95.4 Å². The van der Waals surface area contributed by atoms with Crippen LogP contribution >= 0.6 is 0 Å². The van der Waals surface area contributed by atoms with Gasteiger partial charge < -0.3 is 0 Å². The highest BCUT2D eigenvalue weighted by molar-refractivity contribution is 4.20. The Morgan fingerprint density at radius 2 is 0.667 bits per heavy atom. The molecule has 0 fully saturated rings. The van der Waals surface area contributed by atoms with Crippen molar-refractivity contribution < 1.29 is 0 Å². The molecule has 0 heterocycles. The lowest BCUT2D eigenvalue weighted by molar-refractivity contribution is 0.737. The van der Waals surface area contributed by atoms with Gasteiger partial charge in [-0.1, -0.05) is 95.4 Å². The van der Waals surface area contributed by atoms with Gasteiger partial charge in [0.05, 0.1) is 0 Å². The van der Waals surface area contributed by atoms with Crippen LogP contribution in [0.5, 0.6) is 0 Å². The van der Waals surface area contributed by atoms with Crippen LogP contribution in [0.25, 0.3) is 0 Å². The first-order valence-corrected chi connectivity index (χ1v) is 7.06. The summed E-state index contributed by atoms with van der Waals surface area (Å²) in [6, 6.07) is 0. The predicted molar refractivity (Wildman–Crippen MR) is 79.8 cm³/mol. The molecule has 0 atom stereocenters. The highest BCUT2D eigenvalue weighted by Gasteiger charge is 1.68. The molecule has 15 heavy (non-hydrogen) atoms. The average Bonchev–Trinajstić information content (AvgIpc) is 2.24. The third kappa shape index (κ3) is 2020. The Bertz CT molecular complexity index is 24.3. The average molecular weight is 220 g/mol. The van der Waals surface area contributed by atoms with E-state index in [2.05, 4.69) is 48.5 Å². The van der Waals surface area contributed by atoms with Crippen LogP contribution in [0.3, 0.4) is 0 Å². The molecule has 0 aliphatic heterocycles. The van der Waals surface area contributed by atoms with Gasteiger partial charge in [-0.25, -0.2) is 0 Å². The van der Waals surface area contributed by atoms with Crippen LogP contribution in [-0.2, 0) is 0 Å². The fraction of sp³-hybridized carbons (Fsp3) is 1.00. The number of unbranched alkanes of at least 4 members (excludes halogenated alkanes) is 1. The largest absolute Gasteiger partial charge is 0.0683 e. The zero-order chi connectivity index (χ0) is 13.7. The fourth-order valence-electron chi connectivity index (χ4n) is 0. The summed E-state index contributed by atoms with van der Waals surface area (Å²) in [5.74, 6) is 0.833. The molecule has 0 bridgehead atoms. The van der Waals surface area contributed by atoms with Gasteiger partial charge in [-0.3, -0.25) is 0 Å². The van der Waals surface area contributed by atoms with Crippen molar-refractivity contribution in [1.82, 2.24) is 0 Å². The lowest BCUT2D eigenvalue weighted by atomic mass is 10.3. The van der Waals surface area contributed by atoms with Gasteiger partial charge in [-0.05, 0) is 5.92 Å². The van der Waals surface area contributed by atoms with Crippen molar-refractivity contribution in [2.75, 3.05) is 0 Å². The zero-order valence-electron chi connectivity index (χ0n) is 13.7. The maximum atomic E-state index is 2.18. The number of hydrogen-bond acceptors (Lipinski definition) is 0. The summed E-state index contributed by atoms with van der Waals surface area (Å²) in [6.07, 6.45) is 3.89. The summed E-state index contributed by atoms with van der Waals surface area (Å²) < 4.78 is 0. The van der Waals surface area contributed by atoms with Crippen molar-refractivity contribution in [2.24, 2.45) is 5.92 Å². The molecular weight excluding hydrogens is 180 g/mol. The number of hydrogen-bond donors (Lipinski definition) is 0. The summed E-state index contributed by atoms with van der Waals surface area (Å²) in [5.41, 5.74) is 0. The Hall–Kier alpha value is 0. The minimum absolute atomic E-state index is 0.833. The van der Waals surface area contributed by atoms with Crippen molar-refractivity contribution >= 4 is 0 Å². The zero-order valence-corrected chi connectivity index (χ0v) is 13.7. The highest BCUT2D eigenvalue weighted by atomic mass is 13.7. The van der Waals surface area contributed by atoms with Crippen LogP contribution < -0.4 is 0 Å². The highest BCUT2D eigenvalue weighted by Crippen LogP contribution is 1.81. The third-order valence-corrected chi connectivity index (χ3v) is 0.500. The van der Waals surface area contributed by atoms with Gasteiger partial charge in [0.1, 0.15) is 0 Å². The quantitative estimate of drug-likeness (QED) is 0.449. The summed E-state index contributed by atoms with van der Waals surface area (Å²) in [6.45, 7) is 23.1. The molecule has 0 unspecified atom stereocenters. The van der Waals surface area contributed by atoms with E-state index in [0.717, 1.165) is 5.92 Å². The van der Waals surface area contributed by atoms with Crippen LogP contribution in [0.15, 0.2) is 0 Å². The minimum Gasteiger partial charge on any atom is -0.0683 e. The van der Waals surface area contributed by atoms with Crippen molar-refractivity contribution in [3.05, 3.63) is 0 Å². The first-order chi connectivity index (χ1) is 7.06. The van der Waals surface area contributed by atoms with Gasteiger partial charge in [0, 0.05) is 0 Å². The van der Waals surface area contributed by atoms with Gasteiger partial charge >= 0.3 is 0 Å². The van der Waals surface area contributed by atoms with Crippen LogP contribution in [0.4, 0.5) is 0 Å². The Morgan fingerprint density at radius 1 is 0.600 bits per heavy atom. The monoisotopic (exact) mass is 220 g/mol. The normalized spacial score (nSPS) is 6.40. The van der Waals surface area contributed by atoms with Gasteiger partial charge in [-0.15, -0.1) is 0 Å². The van der Waals surface area contributed by atoms with E-state index in [-0.39, 0.29) is 0 Å². The Balaban J connectivity index is -0.0000000289. The maximum Gasteiger partial charge on any atom is -0.0500 e. The van der Waals surface area contributed by atoms with E-state index in [0.29, 0.717) is 0 Å². The molecule has 0 N–H and O–H groups in total. The molecule has 0 radical (unpaired) electrons. The predicted octanol–water partition coefficient (Wildman–Crippen LogP) is 6.94. The van der Waals surface area contributed by atoms with Crippen molar-refractivity contribution in [1.29, 1.82) is 0 Å². The molecule has 0 aliphatic carbocycles. The van der Waals surface area contributed by atoms with Crippen molar-refractivity contribution in [3.63, 3.8) is 0 Å². The van der Waals surface area contributed by atoms with E-state index in [1.165, 1.54) is 19.3 Å². The van der Waals surface area contributed by atoms with Crippen LogP contribution in [0, 0.1) is 5.92 Å². The standard InChI is InChI=1S/2C4H10.C3H8.2C2H6/c1-4(2)3;1-3-4-2;1-3-2;2*1-2/h4H,1-3H3;3-4H2,1-2H3;3H2,1-2H3;2*1-2H3. The van der Waals surface area contributed by atoms with Crippen LogP contribution in [0.2, 0.25) is 0 Å². The first-order valence-electron chi connectivity index (χ1n) is 7.06. The number of rotatable bonds is 1. The molecule has 0 aromatic carbocycles. The molecule has 0 aromatic heterocycles. The molecule has 0 aromatic rings. The topological polar surface area (TPSA) is 0 Å². The molecule has 0 saturated heterocycles. The molecule has 0 aliphatic rings. The lowest BCUT2D eigenvalue weighted by Crippen LogP contribution is -1.66. The molecular formula is C15H40. The summed E-state index contributed by atoms with van der Waals surface area (Å²) in [4.78, 5) is 0. The van der Waals surface area contributed by atoms with E-state index in [1.54, 1.807) is 0 Å². The SMILES string of the molecule is CC.CC.CC(C)C.CCC.CCCC. The van der Waals surface area contributed by atoms with Gasteiger partial charge in [-0.2, -0.15) is 0 Å². The lowest BCUT2D eigenvalue weighted by Gasteiger charge is -1.79. The van der Waals surface area contributed by atoms with E-state index in [1.807, 2.05) is 27.7 Å². The smallest absolute Gasteiger partial charge is 0.0500 e. The third-order valence-electron chi connectivity index (χ3n) is 0.500. The molecule has 0 nitrogen and oxygen atoms in total.